The van der Waals surface area contributed by atoms with Crippen molar-refractivity contribution in [3.63, 3.8) is 0 Å². The average Bonchev–Trinajstić information content (AvgIpc) is 3.09. The fourth-order valence-corrected chi connectivity index (χ4v) is 3.79. The highest BCUT2D eigenvalue weighted by Crippen LogP contribution is 2.31. The van der Waals surface area contributed by atoms with Crippen molar-refractivity contribution in [2.24, 2.45) is 0 Å². The van der Waals surface area contributed by atoms with E-state index in [0.29, 0.717) is 33.7 Å². The van der Waals surface area contributed by atoms with Gasteiger partial charge in [-0.2, -0.15) is 0 Å². The van der Waals surface area contributed by atoms with Gasteiger partial charge in [0, 0.05) is 5.56 Å². The topological polar surface area (TPSA) is 67.9 Å². The summed E-state index contributed by atoms with van der Waals surface area (Å²) in [6.45, 7) is 2.32. The van der Waals surface area contributed by atoms with Crippen LogP contribution in [0.3, 0.4) is 0 Å². The Bertz CT molecular complexity index is 1310. The van der Waals surface area contributed by atoms with Crippen LogP contribution in [0.5, 0.6) is 11.5 Å². The van der Waals surface area contributed by atoms with Crippen LogP contribution in [0.1, 0.15) is 23.6 Å². The molecule has 1 fully saturated rings. The van der Waals surface area contributed by atoms with E-state index >= 15 is 0 Å². The zero-order chi connectivity index (χ0) is 24.9. The molecule has 0 saturated carbocycles. The highest BCUT2D eigenvalue weighted by atomic mass is 35.5. The molecule has 9 heteroatoms. The molecule has 1 aliphatic heterocycles. The molecule has 6 nitrogen and oxygen atoms in total. The highest BCUT2D eigenvalue weighted by molar-refractivity contribution is 6.42. The number of imide groups is 1. The predicted molar refractivity (Wildman–Crippen MR) is 132 cm³/mol. The lowest BCUT2D eigenvalue weighted by Gasteiger charge is -2.13. The van der Waals surface area contributed by atoms with Gasteiger partial charge in [0.2, 0.25) is 0 Å². The van der Waals surface area contributed by atoms with E-state index in [0.717, 1.165) is 10.5 Å². The molecule has 0 unspecified atom stereocenters. The zero-order valence-electron chi connectivity index (χ0n) is 18.7. The molecule has 0 atom stereocenters. The zero-order valence-corrected chi connectivity index (χ0v) is 20.2. The predicted octanol–water partition coefficient (Wildman–Crippen LogP) is 6.20. The van der Waals surface area contributed by atoms with Crippen molar-refractivity contribution in [1.82, 2.24) is 10.2 Å². The summed E-state index contributed by atoms with van der Waals surface area (Å²) in [5.41, 5.74) is 1.78. The van der Waals surface area contributed by atoms with Crippen LogP contribution in [-0.2, 0) is 17.9 Å². The third-order valence-electron chi connectivity index (χ3n) is 5.21. The van der Waals surface area contributed by atoms with Gasteiger partial charge in [-0.1, -0.05) is 53.5 Å². The second-order valence-electron chi connectivity index (χ2n) is 7.65. The SMILES string of the molecule is CCOc1cc(/C=C2/NC(=O)N(Cc3ccccc3F)C2=O)ccc1OCc1ccc(Cl)c(Cl)c1. The summed E-state index contributed by atoms with van der Waals surface area (Å²) in [5, 5.41) is 3.44. The van der Waals surface area contributed by atoms with E-state index in [2.05, 4.69) is 5.32 Å². The van der Waals surface area contributed by atoms with Crippen molar-refractivity contribution in [2.45, 2.75) is 20.1 Å². The largest absolute Gasteiger partial charge is 0.490 e. The molecule has 1 N–H and O–H groups in total. The van der Waals surface area contributed by atoms with E-state index in [4.69, 9.17) is 32.7 Å². The summed E-state index contributed by atoms with van der Waals surface area (Å²) in [6, 6.07) is 15.8. The number of carbonyl (C=O) groups excluding carboxylic acids is 2. The van der Waals surface area contributed by atoms with E-state index in [1.807, 2.05) is 13.0 Å². The van der Waals surface area contributed by atoms with Crippen LogP contribution >= 0.6 is 23.2 Å². The van der Waals surface area contributed by atoms with Gasteiger partial charge in [0.25, 0.3) is 5.91 Å². The number of nitrogens with one attached hydrogen (secondary N) is 1. The molecule has 0 bridgehead atoms. The van der Waals surface area contributed by atoms with E-state index in [-0.39, 0.29) is 24.4 Å². The molecule has 3 aromatic carbocycles. The van der Waals surface area contributed by atoms with Crippen molar-refractivity contribution < 1.29 is 23.5 Å². The minimum Gasteiger partial charge on any atom is -0.490 e. The van der Waals surface area contributed by atoms with E-state index in [9.17, 15) is 14.0 Å². The summed E-state index contributed by atoms with van der Waals surface area (Å²) in [6.07, 6.45) is 1.53. The van der Waals surface area contributed by atoms with Crippen LogP contribution in [-0.4, -0.2) is 23.4 Å². The molecule has 0 radical (unpaired) electrons. The Labute approximate surface area is 211 Å². The first-order valence-electron chi connectivity index (χ1n) is 10.8. The molecule has 0 aromatic heterocycles. The maximum Gasteiger partial charge on any atom is 0.329 e. The Morgan fingerprint density at radius 3 is 2.51 bits per heavy atom. The number of carbonyl (C=O) groups is 2. The number of halogens is 3. The van der Waals surface area contributed by atoms with Crippen LogP contribution in [0.15, 0.2) is 66.4 Å². The summed E-state index contributed by atoms with van der Waals surface area (Å²) >= 11 is 12.0. The van der Waals surface area contributed by atoms with Gasteiger partial charge in [-0.25, -0.2) is 9.18 Å². The Balaban J connectivity index is 1.51. The third-order valence-corrected chi connectivity index (χ3v) is 5.94. The van der Waals surface area contributed by atoms with E-state index in [1.54, 1.807) is 42.5 Å². The molecule has 0 aliphatic carbocycles. The smallest absolute Gasteiger partial charge is 0.329 e. The average molecular weight is 515 g/mol. The van der Waals surface area contributed by atoms with Gasteiger partial charge in [0.1, 0.15) is 18.1 Å². The second kappa shape index (κ2) is 10.8. The number of rotatable bonds is 8. The number of amides is 3. The van der Waals surface area contributed by atoms with Gasteiger partial charge in [-0.05, 0) is 54.5 Å². The van der Waals surface area contributed by atoms with Gasteiger partial charge in [0.05, 0.1) is 23.2 Å². The van der Waals surface area contributed by atoms with Gasteiger partial charge >= 0.3 is 6.03 Å². The Morgan fingerprint density at radius 1 is 0.971 bits per heavy atom. The van der Waals surface area contributed by atoms with Gasteiger partial charge in [-0.3, -0.25) is 9.69 Å². The summed E-state index contributed by atoms with van der Waals surface area (Å²) in [7, 11) is 0. The molecule has 180 valence electrons. The lowest BCUT2D eigenvalue weighted by Crippen LogP contribution is -2.30. The minimum atomic E-state index is -0.615. The quantitative estimate of drug-likeness (QED) is 0.287. The lowest BCUT2D eigenvalue weighted by molar-refractivity contribution is -0.123. The highest BCUT2D eigenvalue weighted by Gasteiger charge is 2.34. The number of nitrogens with zero attached hydrogens (tertiary/aromatic N) is 1. The number of hydrogen-bond acceptors (Lipinski definition) is 4. The fourth-order valence-electron chi connectivity index (χ4n) is 3.47. The molecule has 3 amide bonds. The van der Waals surface area contributed by atoms with Crippen LogP contribution in [0, 0.1) is 5.82 Å². The summed E-state index contributed by atoms with van der Waals surface area (Å²) in [5.74, 6) is -0.0514. The van der Waals surface area contributed by atoms with E-state index in [1.165, 1.54) is 18.2 Å². The van der Waals surface area contributed by atoms with Crippen LogP contribution < -0.4 is 14.8 Å². The lowest BCUT2D eigenvalue weighted by atomic mass is 10.1. The molecule has 1 aliphatic rings. The monoisotopic (exact) mass is 514 g/mol. The number of ether oxygens (including phenoxy) is 2. The van der Waals surface area contributed by atoms with Gasteiger partial charge in [0.15, 0.2) is 11.5 Å². The van der Waals surface area contributed by atoms with Crippen molar-refractivity contribution in [1.29, 1.82) is 0 Å². The summed E-state index contributed by atoms with van der Waals surface area (Å²) < 4.78 is 25.6. The number of benzene rings is 3. The number of urea groups is 1. The molecule has 1 saturated heterocycles. The number of hydrogen-bond donors (Lipinski definition) is 1. The van der Waals surface area contributed by atoms with Crippen molar-refractivity contribution >= 4 is 41.2 Å². The Morgan fingerprint density at radius 2 is 1.77 bits per heavy atom. The van der Waals surface area contributed by atoms with Crippen molar-refractivity contribution in [2.75, 3.05) is 6.61 Å². The van der Waals surface area contributed by atoms with Gasteiger partial charge in [-0.15, -0.1) is 0 Å². The van der Waals surface area contributed by atoms with Gasteiger partial charge < -0.3 is 14.8 Å². The molecular formula is C26H21Cl2FN2O4. The second-order valence-corrected chi connectivity index (χ2v) is 8.46. The molecule has 0 spiro atoms. The maximum absolute atomic E-state index is 14.0. The molecule has 4 rings (SSSR count). The van der Waals surface area contributed by atoms with Crippen molar-refractivity contribution in [3.8, 4) is 11.5 Å². The first-order valence-corrected chi connectivity index (χ1v) is 11.5. The van der Waals surface area contributed by atoms with E-state index < -0.39 is 17.8 Å². The van der Waals surface area contributed by atoms with Crippen molar-refractivity contribution in [3.05, 3.63) is 98.9 Å². The molecule has 3 aromatic rings. The summed E-state index contributed by atoms with van der Waals surface area (Å²) in [4.78, 5) is 26.1. The molecule has 35 heavy (non-hydrogen) atoms. The minimum absolute atomic E-state index is 0.0817. The fraction of sp³-hybridized carbons (Fsp3) is 0.154. The van der Waals surface area contributed by atoms with Crippen LogP contribution in [0.25, 0.3) is 6.08 Å². The first-order chi connectivity index (χ1) is 16.9. The first kappa shape index (κ1) is 24.6. The Hall–Kier alpha value is -3.55. The Kier molecular flexibility index (Phi) is 7.58. The standard InChI is InChI=1S/C26H21Cl2FN2O4/c1-2-34-24-13-16(8-10-23(24)35-15-17-7-9-19(27)20(28)11-17)12-22-25(32)31(26(33)30-22)14-18-5-3-4-6-21(18)29/h3-13H,2,14-15H2,1H3,(H,30,33)/b22-12+. The van der Waals surface area contributed by atoms with Crippen LogP contribution in [0.2, 0.25) is 10.0 Å². The normalized spacial score (nSPS) is 14.4. The van der Waals surface area contributed by atoms with Crippen LogP contribution in [0.4, 0.5) is 9.18 Å². The molecule has 1 heterocycles. The molecular weight excluding hydrogens is 494 g/mol. The third kappa shape index (κ3) is 5.75. The maximum atomic E-state index is 14.0.